The lowest BCUT2D eigenvalue weighted by molar-refractivity contribution is 0.1000. The monoisotopic (exact) mass is 490 g/mol. The number of aryl methyl sites for hydroxylation is 2. The maximum atomic E-state index is 12.4. The summed E-state index contributed by atoms with van der Waals surface area (Å²) in [5, 5.41) is 4.52. The maximum absolute atomic E-state index is 12.4. The summed E-state index contributed by atoms with van der Waals surface area (Å²) >= 11 is 1.84. The van der Waals surface area contributed by atoms with Gasteiger partial charge in [-0.3, -0.25) is 14.8 Å². The number of anilines is 3. The molecule has 0 saturated carbocycles. The fourth-order valence-corrected chi connectivity index (χ4v) is 4.70. The Kier molecular flexibility index (Phi) is 8.33. The maximum Gasteiger partial charge on any atom is 0.258 e. The second-order valence-electron chi connectivity index (χ2n) is 8.31. The summed E-state index contributed by atoms with van der Waals surface area (Å²) in [6.45, 7) is 5.48. The molecule has 1 aromatic carbocycles. The molecule has 0 radical (unpaired) electrons. The number of ether oxygens (including phenoxy) is 1. The molecule has 8 nitrogen and oxygen atoms in total. The van der Waals surface area contributed by atoms with Gasteiger partial charge in [-0.15, -0.1) is 0 Å². The van der Waals surface area contributed by atoms with E-state index >= 15 is 0 Å². The molecule has 35 heavy (non-hydrogen) atoms. The van der Waals surface area contributed by atoms with Crippen molar-refractivity contribution in [3.05, 3.63) is 82.4 Å². The molecule has 5 rings (SSSR count). The highest BCUT2D eigenvalue weighted by Gasteiger charge is 2.15. The molecule has 0 amide bonds. The van der Waals surface area contributed by atoms with Gasteiger partial charge in [0.15, 0.2) is 0 Å². The number of hydrogen-bond donors (Lipinski definition) is 3. The Hall–Kier alpha value is -3.43. The van der Waals surface area contributed by atoms with E-state index in [2.05, 4.69) is 25.3 Å². The summed E-state index contributed by atoms with van der Waals surface area (Å²) in [6, 6.07) is 13.1. The molecule has 9 heteroatoms. The van der Waals surface area contributed by atoms with Crippen LogP contribution in [0.3, 0.4) is 0 Å². The van der Waals surface area contributed by atoms with Gasteiger partial charge >= 0.3 is 0 Å². The average Bonchev–Trinajstić information content (AvgIpc) is 2.87. The molecular formula is C26H30N6O2S. The van der Waals surface area contributed by atoms with Crippen LogP contribution in [0.25, 0.3) is 10.9 Å². The van der Waals surface area contributed by atoms with Crippen LogP contribution in [0.4, 0.5) is 17.1 Å². The standard InChI is InChI=1S/C20H22N4O2S.C6H8N2/c1-13-17(3-2-8-21-13)22-14-4-5-16-18(11-14)23-19(24-20(16)25)12-27-15-6-9-26-10-7-15;1-5-6(7)3-2-4-8-5/h2-5,8,11,15,22H,6-7,9-10,12H2,1H3,(H,23,24,25);2-4H,7H2,1H3. The number of rotatable bonds is 5. The van der Waals surface area contributed by atoms with Crippen molar-refractivity contribution in [2.45, 2.75) is 37.7 Å². The van der Waals surface area contributed by atoms with E-state index in [1.165, 1.54) is 0 Å². The molecule has 3 aromatic heterocycles. The van der Waals surface area contributed by atoms with E-state index in [4.69, 9.17) is 10.5 Å². The molecule has 0 unspecified atom stereocenters. The minimum absolute atomic E-state index is 0.0910. The lowest BCUT2D eigenvalue weighted by Gasteiger charge is -2.21. The minimum atomic E-state index is -0.0910. The number of fused-ring (bicyclic) bond motifs is 1. The number of H-pyrrole nitrogens is 1. The van der Waals surface area contributed by atoms with E-state index < -0.39 is 0 Å². The first-order valence-corrected chi connectivity index (χ1v) is 12.6. The van der Waals surface area contributed by atoms with Crippen LogP contribution in [-0.4, -0.2) is 38.4 Å². The third-order valence-corrected chi connectivity index (χ3v) is 7.10. The van der Waals surface area contributed by atoms with Crippen LogP contribution in [0.1, 0.15) is 30.1 Å². The zero-order chi connectivity index (χ0) is 24.6. The zero-order valence-corrected chi connectivity index (χ0v) is 20.8. The summed E-state index contributed by atoms with van der Waals surface area (Å²) in [5.41, 5.74) is 10.5. The SMILES string of the molecule is Cc1ncccc1N.Cc1ncccc1Nc1ccc2c(=O)[nH]c(CSC3CCOCC3)nc2c1. The van der Waals surface area contributed by atoms with Crippen LogP contribution in [0.15, 0.2) is 59.7 Å². The molecule has 4 heterocycles. The van der Waals surface area contributed by atoms with Crippen LogP contribution in [-0.2, 0) is 10.5 Å². The number of nitrogen functional groups attached to an aromatic ring is 1. The first-order chi connectivity index (χ1) is 17.0. The van der Waals surface area contributed by atoms with Crippen molar-refractivity contribution in [3.8, 4) is 0 Å². The second-order valence-corrected chi connectivity index (χ2v) is 9.60. The molecule has 0 bridgehead atoms. The van der Waals surface area contributed by atoms with Crippen molar-refractivity contribution in [1.82, 2.24) is 19.9 Å². The van der Waals surface area contributed by atoms with Crippen LogP contribution in [0.2, 0.25) is 0 Å². The molecule has 1 aliphatic rings. The summed E-state index contributed by atoms with van der Waals surface area (Å²) < 4.78 is 5.40. The molecule has 4 aromatic rings. The average molecular weight is 491 g/mol. The van der Waals surface area contributed by atoms with Crippen LogP contribution in [0.5, 0.6) is 0 Å². The van der Waals surface area contributed by atoms with E-state index in [1.807, 2.05) is 68.1 Å². The fraction of sp³-hybridized carbons (Fsp3) is 0.308. The molecule has 1 fully saturated rings. The van der Waals surface area contributed by atoms with Crippen LogP contribution in [0, 0.1) is 13.8 Å². The Morgan fingerprint density at radius 2 is 1.83 bits per heavy atom. The number of aromatic amines is 1. The predicted octanol–water partition coefficient (Wildman–Crippen LogP) is 4.75. The van der Waals surface area contributed by atoms with E-state index in [9.17, 15) is 4.79 Å². The number of hydrogen-bond acceptors (Lipinski definition) is 8. The topological polar surface area (TPSA) is 119 Å². The zero-order valence-electron chi connectivity index (χ0n) is 20.0. The van der Waals surface area contributed by atoms with Crippen molar-refractivity contribution in [2.75, 3.05) is 24.3 Å². The number of aromatic nitrogens is 4. The molecular weight excluding hydrogens is 460 g/mol. The molecule has 4 N–H and O–H groups in total. The lowest BCUT2D eigenvalue weighted by Crippen LogP contribution is -2.18. The largest absolute Gasteiger partial charge is 0.397 e. The predicted molar refractivity (Wildman–Crippen MR) is 143 cm³/mol. The molecule has 1 saturated heterocycles. The molecule has 0 spiro atoms. The van der Waals surface area contributed by atoms with Gasteiger partial charge in [-0.05, 0) is 69.2 Å². The van der Waals surface area contributed by atoms with Crippen molar-refractivity contribution in [3.63, 3.8) is 0 Å². The van der Waals surface area contributed by atoms with E-state index in [-0.39, 0.29) is 5.56 Å². The molecule has 1 aliphatic heterocycles. The van der Waals surface area contributed by atoms with Gasteiger partial charge in [-0.25, -0.2) is 4.98 Å². The molecule has 0 atom stereocenters. The molecule has 182 valence electrons. The highest BCUT2D eigenvalue weighted by molar-refractivity contribution is 7.99. The normalized spacial score (nSPS) is 13.8. The Balaban J connectivity index is 0.000000308. The van der Waals surface area contributed by atoms with Gasteiger partial charge in [0.1, 0.15) is 5.82 Å². The number of nitrogens with zero attached hydrogens (tertiary/aromatic N) is 3. The summed E-state index contributed by atoms with van der Waals surface area (Å²) in [5.74, 6) is 1.42. The van der Waals surface area contributed by atoms with Gasteiger partial charge in [-0.1, -0.05) is 0 Å². The number of pyridine rings is 2. The van der Waals surface area contributed by atoms with Gasteiger partial charge in [-0.2, -0.15) is 11.8 Å². The van der Waals surface area contributed by atoms with Gasteiger partial charge in [0.25, 0.3) is 5.56 Å². The first-order valence-electron chi connectivity index (χ1n) is 11.6. The highest BCUT2D eigenvalue weighted by atomic mass is 32.2. The number of nitrogens with two attached hydrogens (primary N) is 1. The van der Waals surface area contributed by atoms with Gasteiger partial charge in [0, 0.05) is 36.5 Å². The van der Waals surface area contributed by atoms with Gasteiger partial charge < -0.3 is 20.8 Å². The van der Waals surface area contributed by atoms with E-state index in [1.54, 1.807) is 12.4 Å². The Labute approximate surface area is 208 Å². The lowest BCUT2D eigenvalue weighted by atomic mass is 10.2. The number of thioether (sulfide) groups is 1. The summed E-state index contributed by atoms with van der Waals surface area (Å²) in [7, 11) is 0. The second kappa shape index (κ2) is 11.8. The van der Waals surface area contributed by atoms with Crippen molar-refractivity contribution >= 4 is 39.7 Å². The number of nitrogens with one attached hydrogen (secondary N) is 2. The Bertz CT molecular complexity index is 1320. The summed E-state index contributed by atoms with van der Waals surface area (Å²) in [6.07, 6.45) is 5.61. The minimum Gasteiger partial charge on any atom is -0.397 e. The third-order valence-electron chi connectivity index (χ3n) is 5.71. The van der Waals surface area contributed by atoms with Crippen LogP contribution >= 0.6 is 11.8 Å². The van der Waals surface area contributed by atoms with Crippen molar-refractivity contribution < 1.29 is 4.74 Å². The molecule has 0 aliphatic carbocycles. The number of benzene rings is 1. The highest BCUT2D eigenvalue weighted by Crippen LogP contribution is 2.25. The van der Waals surface area contributed by atoms with E-state index in [0.29, 0.717) is 21.9 Å². The Morgan fingerprint density at radius 1 is 1.09 bits per heavy atom. The van der Waals surface area contributed by atoms with Gasteiger partial charge in [0.2, 0.25) is 0 Å². The van der Waals surface area contributed by atoms with Gasteiger partial charge in [0.05, 0.1) is 39.4 Å². The smallest absolute Gasteiger partial charge is 0.258 e. The van der Waals surface area contributed by atoms with Crippen molar-refractivity contribution in [2.24, 2.45) is 0 Å². The first kappa shape index (κ1) is 24.7. The summed E-state index contributed by atoms with van der Waals surface area (Å²) in [4.78, 5) is 28.3. The fourth-order valence-electron chi connectivity index (χ4n) is 3.64. The van der Waals surface area contributed by atoms with E-state index in [0.717, 1.165) is 60.3 Å². The van der Waals surface area contributed by atoms with Crippen molar-refractivity contribution in [1.29, 1.82) is 0 Å². The van der Waals surface area contributed by atoms with Crippen LogP contribution < -0.4 is 16.6 Å². The Morgan fingerprint density at radius 3 is 2.51 bits per heavy atom. The quantitative estimate of drug-likeness (QED) is 0.367. The third kappa shape index (κ3) is 6.80.